The van der Waals surface area contributed by atoms with Gasteiger partial charge in [-0.25, -0.2) is 9.18 Å². The van der Waals surface area contributed by atoms with E-state index in [1.807, 2.05) is 9.80 Å². The summed E-state index contributed by atoms with van der Waals surface area (Å²) in [4.78, 5) is 20.1. The number of likely N-dealkylation sites (tertiary alicyclic amines) is 2. The van der Waals surface area contributed by atoms with E-state index in [0.717, 1.165) is 56.5 Å². The summed E-state index contributed by atoms with van der Waals surface area (Å²) >= 11 is 0. The second-order valence-corrected chi connectivity index (χ2v) is 12.2. The summed E-state index contributed by atoms with van der Waals surface area (Å²) in [6.45, 7) is 2.96. The molecule has 1 aromatic carbocycles. The molecule has 2 saturated heterocycles. The number of aromatic nitrogens is 3. The maximum atomic E-state index is 13.4. The molecule has 3 heterocycles. The Labute approximate surface area is 206 Å². The van der Waals surface area contributed by atoms with Crippen molar-refractivity contribution in [2.45, 2.75) is 63.0 Å². The molecule has 1 N–H and O–H groups in total. The number of nitrogens with zero attached hydrogens (tertiary/aromatic N) is 4. The van der Waals surface area contributed by atoms with E-state index in [1.165, 1.54) is 18.9 Å². The Balaban J connectivity index is 0.867. The Morgan fingerprint density at radius 1 is 0.944 bits per heavy atom. The average Bonchev–Trinajstić information content (AvgIpc) is 3.44. The fourth-order valence-corrected chi connectivity index (χ4v) is 7.32. The molecule has 0 bridgehead atoms. The molecule has 1 aromatic heterocycles. The van der Waals surface area contributed by atoms with Gasteiger partial charge >= 0.3 is 12.2 Å². The van der Waals surface area contributed by atoms with Gasteiger partial charge in [0.1, 0.15) is 17.5 Å². The Hall–Kier alpha value is -2.65. The van der Waals surface area contributed by atoms with Crippen LogP contribution in [0.25, 0.3) is 0 Å². The van der Waals surface area contributed by atoms with Gasteiger partial charge in [-0.15, -0.1) is 10.2 Å². The van der Waals surface area contributed by atoms with Gasteiger partial charge in [-0.3, -0.25) is 0 Å². The van der Waals surface area contributed by atoms with Gasteiger partial charge in [-0.05, 0) is 68.6 Å². The monoisotopic (exact) mass is 503 g/mol. The lowest BCUT2D eigenvalue weighted by atomic mass is 9.56. The molecule has 0 atom stereocenters. The lowest BCUT2D eigenvalue weighted by molar-refractivity contribution is -0.138. The lowest BCUT2D eigenvalue weighted by Crippen LogP contribution is -2.71. The lowest BCUT2D eigenvalue weighted by Gasteiger charge is -2.63. The fraction of sp³-hybridized carbons (Fsp3) is 0.654. The first-order chi connectivity index (χ1) is 17.1. The third-order valence-electron chi connectivity index (χ3n) is 9.21. The smallest absolute Gasteiger partial charge is 0.328 e. The molecule has 0 radical (unpaired) electrons. The van der Waals surface area contributed by atoms with Crippen molar-refractivity contribution in [1.29, 1.82) is 0 Å². The van der Waals surface area contributed by atoms with E-state index < -0.39 is 17.6 Å². The first-order valence-electron chi connectivity index (χ1n) is 12.9. The first kappa shape index (κ1) is 22.5. The highest BCUT2D eigenvalue weighted by atomic mass is 19.4. The molecule has 7 rings (SSSR count). The summed E-state index contributed by atoms with van der Waals surface area (Å²) in [5.74, 6) is 2.29. The van der Waals surface area contributed by atoms with Crippen LogP contribution in [-0.2, 0) is 12.6 Å². The Morgan fingerprint density at radius 2 is 1.53 bits per heavy atom. The predicted molar refractivity (Wildman–Crippen MR) is 122 cm³/mol. The molecule has 5 aliphatic rings. The molecule has 2 spiro atoms. The van der Waals surface area contributed by atoms with Crippen molar-refractivity contribution in [1.82, 2.24) is 25.0 Å². The molecular weight excluding hydrogens is 474 g/mol. The molecule has 5 fully saturated rings. The predicted octanol–water partition coefficient (Wildman–Crippen LogP) is 5.09. The zero-order valence-corrected chi connectivity index (χ0v) is 20.0. The van der Waals surface area contributed by atoms with Crippen molar-refractivity contribution in [3.63, 3.8) is 0 Å². The number of rotatable bonds is 4. The van der Waals surface area contributed by atoms with Crippen LogP contribution in [0.3, 0.4) is 0 Å². The van der Waals surface area contributed by atoms with Crippen LogP contribution in [0.4, 0.5) is 22.4 Å². The quantitative estimate of drug-likeness (QED) is 0.591. The summed E-state index contributed by atoms with van der Waals surface area (Å²) in [5.41, 5.74) is -0.434. The topological polar surface area (TPSA) is 65.1 Å². The number of alkyl halides is 3. The summed E-state index contributed by atoms with van der Waals surface area (Å²) in [5, 5.41) is 8.64. The normalized spacial score (nSPS) is 24.9. The van der Waals surface area contributed by atoms with Crippen molar-refractivity contribution in [2.24, 2.45) is 16.7 Å². The second-order valence-electron chi connectivity index (χ2n) is 12.2. The van der Waals surface area contributed by atoms with Gasteiger partial charge in [-0.2, -0.15) is 13.2 Å². The second kappa shape index (κ2) is 7.44. The van der Waals surface area contributed by atoms with E-state index >= 15 is 0 Å². The highest BCUT2D eigenvalue weighted by Gasteiger charge is 2.58. The molecule has 2 amide bonds. The largest absolute Gasteiger partial charge is 0.416 e. The van der Waals surface area contributed by atoms with Crippen LogP contribution in [0.2, 0.25) is 0 Å². The molecule has 2 aliphatic heterocycles. The molecule has 36 heavy (non-hydrogen) atoms. The minimum absolute atomic E-state index is 0.0500. The van der Waals surface area contributed by atoms with Crippen LogP contribution in [-0.4, -0.2) is 57.2 Å². The molecule has 10 heteroatoms. The highest BCUT2D eigenvalue weighted by molar-refractivity contribution is 5.77. The Morgan fingerprint density at radius 3 is 2.11 bits per heavy atom. The van der Waals surface area contributed by atoms with Crippen molar-refractivity contribution < 1.29 is 22.4 Å². The number of H-pyrrole nitrogens is 1. The Kier molecular flexibility index (Phi) is 4.66. The number of benzene rings is 1. The van der Waals surface area contributed by atoms with Gasteiger partial charge in [0.2, 0.25) is 0 Å². The molecule has 3 saturated carbocycles. The van der Waals surface area contributed by atoms with Crippen molar-refractivity contribution in [3.8, 4) is 0 Å². The molecule has 6 nitrogen and oxygen atoms in total. The number of carbonyl (C=O) groups excluding carboxylic acids is 1. The molecule has 3 aliphatic carbocycles. The number of aromatic amines is 1. The number of halogens is 4. The summed E-state index contributed by atoms with van der Waals surface area (Å²) in [7, 11) is 0. The van der Waals surface area contributed by atoms with E-state index in [2.05, 4.69) is 15.2 Å². The maximum absolute atomic E-state index is 13.4. The van der Waals surface area contributed by atoms with Gasteiger partial charge in [0.25, 0.3) is 0 Å². The first-order valence-corrected chi connectivity index (χ1v) is 12.9. The van der Waals surface area contributed by atoms with E-state index in [-0.39, 0.29) is 28.3 Å². The summed E-state index contributed by atoms with van der Waals surface area (Å²) in [6, 6.07) is 3.05. The van der Waals surface area contributed by atoms with Gasteiger partial charge in [-0.1, -0.05) is 6.07 Å². The number of nitrogens with one attached hydrogen (secondary N) is 1. The number of amides is 2. The van der Waals surface area contributed by atoms with E-state index in [9.17, 15) is 22.4 Å². The maximum Gasteiger partial charge on any atom is 0.416 e. The van der Waals surface area contributed by atoms with Crippen LogP contribution in [0.5, 0.6) is 0 Å². The molecule has 192 valence electrons. The number of carbonyl (C=O) groups is 1. The van der Waals surface area contributed by atoms with Crippen LogP contribution < -0.4 is 0 Å². The van der Waals surface area contributed by atoms with Gasteiger partial charge < -0.3 is 14.8 Å². The number of hydrogen-bond acceptors (Lipinski definition) is 3. The standard InChI is InChI=1S/C26H29F4N5O/c27-19-4-3-17(20(6-19)26(28,29)30)5-15-7-24(8-15)11-34(12-24)23(36)35-13-25(14-35)9-18(10-25)22-31-21(32-33-22)16-1-2-16/h3-4,6,15-16,18H,1-2,5,7-14H2,(H,31,32,33). The summed E-state index contributed by atoms with van der Waals surface area (Å²) in [6.07, 6.45) is 1.87. The van der Waals surface area contributed by atoms with Crippen LogP contribution in [0, 0.1) is 22.6 Å². The third-order valence-corrected chi connectivity index (χ3v) is 9.21. The van der Waals surface area contributed by atoms with Gasteiger partial charge in [0.15, 0.2) is 0 Å². The van der Waals surface area contributed by atoms with Gasteiger partial charge in [0, 0.05) is 48.8 Å². The van der Waals surface area contributed by atoms with Crippen molar-refractivity contribution >= 4 is 6.03 Å². The number of hydrogen-bond donors (Lipinski definition) is 1. The van der Waals surface area contributed by atoms with E-state index in [0.29, 0.717) is 37.4 Å². The van der Waals surface area contributed by atoms with Crippen molar-refractivity contribution in [3.05, 3.63) is 46.8 Å². The SMILES string of the molecule is O=C(N1CC2(CC(Cc3ccc(F)cc3C(F)(F)F)C2)C1)N1CC2(CC(c3nnc(C4CC4)[nH]3)C2)C1. The average molecular weight is 504 g/mol. The van der Waals surface area contributed by atoms with Crippen LogP contribution in [0.1, 0.15) is 73.1 Å². The van der Waals surface area contributed by atoms with Gasteiger partial charge in [0.05, 0.1) is 5.56 Å². The van der Waals surface area contributed by atoms with Crippen LogP contribution in [0.15, 0.2) is 18.2 Å². The van der Waals surface area contributed by atoms with E-state index in [1.54, 1.807) is 0 Å². The summed E-state index contributed by atoms with van der Waals surface area (Å²) < 4.78 is 53.2. The Bertz CT molecular complexity index is 1190. The number of urea groups is 1. The molecular formula is C26H29F4N5O. The van der Waals surface area contributed by atoms with Crippen molar-refractivity contribution in [2.75, 3.05) is 26.2 Å². The van der Waals surface area contributed by atoms with E-state index in [4.69, 9.17) is 0 Å². The minimum atomic E-state index is -4.55. The fourth-order valence-electron chi connectivity index (χ4n) is 7.32. The minimum Gasteiger partial charge on any atom is -0.328 e. The van der Waals surface area contributed by atoms with Crippen LogP contribution >= 0.6 is 0 Å². The molecule has 2 aromatic rings. The molecule has 0 unspecified atom stereocenters. The third kappa shape index (κ3) is 3.70. The zero-order chi connectivity index (χ0) is 24.9. The highest BCUT2D eigenvalue weighted by Crippen LogP contribution is 2.57. The zero-order valence-electron chi connectivity index (χ0n) is 20.0.